The van der Waals surface area contributed by atoms with Gasteiger partial charge in [0.05, 0.1) is 5.02 Å². The second-order valence-electron chi connectivity index (χ2n) is 4.21. The van der Waals surface area contributed by atoms with Gasteiger partial charge < -0.3 is 10.2 Å². The highest BCUT2D eigenvalue weighted by Gasteiger charge is 2.10. The summed E-state index contributed by atoms with van der Waals surface area (Å²) in [7, 11) is 0. The minimum Gasteiger partial charge on any atom is -0.431 e. The number of benzene rings is 2. The zero-order chi connectivity index (χ0) is 14.1. The van der Waals surface area contributed by atoms with Crippen molar-refractivity contribution in [1.29, 1.82) is 0 Å². The van der Waals surface area contributed by atoms with Gasteiger partial charge in [-0.3, -0.25) is 0 Å². The van der Waals surface area contributed by atoms with Crippen LogP contribution >= 0.6 is 23.4 Å². The Morgan fingerprint density at radius 1 is 1.30 bits per heavy atom. The fourth-order valence-electron chi connectivity index (χ4n) is 1.78. The predicted molar refractivity (Wildman–Crippen MR) is 79.4 cm³/mol. The molecule has 3 aromatic rings. The Hall–Kier alpha value is -1.72. The molecule has 0 bridgehead atoms. The lowest BCUT2D eigenvalue weighted by Crippen LogP contribution is -1.88. The van der Waals surface area contributed by atoms with E-state index in [0.717, 1.165) is 5.52 Å². The molecule has 0 aliphatic carbocycles. The number of halogens is 2. The molecular formula is C14H10ClFN2OS. The molecule has 3 rings (SSSR count). The maximum absolute atomic E-state index is 13.7. The van der Waals surface area contributed by atoms with Gasteiger partial charge in [-0.15, -0.1) is 0 Å². The van der Waals surface area contributed by atoms with E-state index in [1.807, 2.05) is 0 Å². The van der Waals surface area contributed by atoms with Gasteiger partial charge in [0.15, 0.2) is 5.58 Å². The van der Waals surface area contributed by atoms with Crippen LogP contribution in [0.1, 0.15) is 5.56 Å². The number of aromatic nitrogens is 1. The average Bonchev–Trinajstić information content (AvgIpc) is 2.82. The molecule has 20 heavy (non-hydrogen) atoms. The highest BCUT2D eigenvalue weighted by Crippen LogP contribution is 2.29. The van der Waals surface area contributed by atoms with Gasteiger partial charge in [0, 0.05) is 17.5 Å². The lowest BCUT2D eigenvalue weighted by molar-refractivity contribution is 0.489. The molecule has 0 unspecified atom stereocenters. The second-order valence-corrected chi connectivity index (χ2v) is 5.54. The van der Waals surface area contributed by atoms with E-state index in [1.165, 1.54) is 17.8 Å². The van der Waals surface area contributed by atoms with Crippen LogP contribution in [0.15, 0.2) is 46.0 Å². The Bertz CT molecular complexity index is 775. The fourth-order valence-corrected chi connectivity index (χ4v) is 2.79. The Balaban J connectivity index is 1.81. The van der Waals surface area contributed by atoms with E-state index in [1.54, 1.807) is 30.3 Å². The van der Waals surface area contributed by atoms with E-state index in [9.17, 15) is 4.39 Å². The third kappa shape index (κ3) is 2.59. The SMILES string of the molecule is Nc1ccc2nc(SCc3cccc(Cl)c3F)oc2c1. The topological polar surface area (TPSA) is 52.0 Å². The number of anilines is 1. The average molecular weight is 309 g/mol. The van der Waals surface area contributed by atoms with Crippen molar-refractivity contribution in [3.05, 3.63) is 52.8 Å². The molecule has 0 spiro atoms. The van der Waals surface area contributed by atoms with Gasteiger partial charge in [-0.25, -0.2) is 9.37 Å². The van der Waals surface area contributed by atoms with E-state index in [2.05, 4.69) is 4.98 Å². The van der Waals surface area contributed by atoms with Crippen LogP contribution in [0.2, 0.25) is 5.02 Å². The molecule has 0 aliphatic rings. The van der Waals surface area contributed by atoms with Crippen molar-refractivity contribution < 1.29 is 8.81 Å². The number of thioether (sulfide) groups is 1. The van der Waals surface area contributed by atoms with Gasteiger partial charge in [-0.05, 0) is 23.8 Å². The molecule has 102 valence electrons. The molecule has 2 aromatic carbocycles. The summed E-state index contributed by atoms with van der Waals surface area (Å²) in [6.07, 6.45) is 0. The number of nitrogens with zero attached hydrogens (tertiary/aromatic N) is 1. The van der Waals surface area contributed by atoms with Crippen molar-refractivity contribution in [2.75, 3.05) is 5.73 Å². The smallest absolute Gasteiger partial charge is 0.257 e. The summed E-state index contributed by atoms with van der Waals surface area (Å²) in [6.45, 7) is 0. The van der Waals surface area contributed by atoms with E-state index in [-0.39, 0.29) is 5.02 Å². The summed E-state index contributed by atoms with van der Waals surface area (Å²) in [5, 5.41) is 0.596. The van der Waals surface area contributed by atoms with E-state index in [0.29, 0.717) is 27.8 Å². The number of rotatable bonds is 3. The summed E-state index contributed by atoms with van der Waals surface area (Å²) in [6, 6.07) is 10.2. The summed E-state index contributed by atoms with van der Waals surface area (Å²) < 4.78 is 19.3. The first-order valence-corrected chi connectivity index (χ1v) is 7.21. The van der Waals surface area contributed by atoms with Gasteiger partial charge in [0.2, 0.25) is 0 Å². The maximum Gasteiger partial charge on any atom is 0.257 e. The molecule has 0 amide bonds. The zero-order valence-electron chi connectivity index (χ0n) is 10.3. The molecule has 0 fully saturated rings. The zero-order valence-corrected chi connectivity index (χ0v) is 11.8. The summed E-state index contributed by atoms with van der Waals surface area (Å²) in [4.78, 5) is 4.31. The molecule has 0 atom stereocenters. The van der Waals surface area contributed by atoms with Gasteiger partial charge in [-0.2, -0.15) is 0 Å². The molecule has 3 nitrogen and oxygen atoms in total. The molecule has 0 aliphatic heterocycles. The Morgan fingerprint density at radius 3 is 3.00 bits per heavy atom. The molecule has 0 saturated heterocycles. The molecule has 2 N–H and O–H groups in total. The standard InChI is InChI=1S/C14H10ClFN2OS/c15-10-3-1-2-8(13(10)16)7-20-14-18-11-5-4-9(17)6-12(11)19-14/h1-6H,7,17H2. The van der Waals surface area contributed by atoms with E-state index in [4.69, 9.17) is 21.8 Å². The first-order valence-electron chi connectivity index (χ1n) is 5.85. The minimum absolute atomic E-state index is 0.119. The van der Waals surface area contributed by atoms with Crippen LogP contribution in [0.4, 0.5) is 10.1 Å². The van der Waals surface area contributed by atoms with E-state index < -0.39 is 5.82 Å². The molecule has 0 saturated carbocycles. The third-order valence-corrected chi connectivity index (χ3v) is 3.94. The van der Waals surface area contributed by atoms with Crippen molar-refractivity contribution in [2.24, 2.45) is 0 Å². The molecule has 6 heteroatoms. The van der Waals surface area contributed by atoms with Crippen molar-refractivity contribution >= 4 is 40.1 Å². The minimum atomic E-state index is -0.401. The first-order chi connectivity index (χ1) is 9.63. The van der Waals surface area contributed by atoms with Gasteiger partial charge in [-0.1, -0.05) is 35.5 Å². The number of hydrogen-bond acceptors (Lipinski definition) is 4. The van der Waals surface area contributed by atoms with Crippen molar-refractivity contribution in [3.8, 4) is 0 Å². The quantitative estimate of drug-likeness (QED) is 0.572. The normalized spacial score (nSPS) is 11.1. The lowest BCUT2D eigenvalue weighted by Gasteiger charge is -2.01. The largest absolute Gasteiger partial charge is 0.431 e. The van der Waals surface area contributed by atoms with E-state index >= 15 is 0 Å². The van der Waals surface area contributed by atoms with Crippen LogP contribution < -0.4 is 5.73 Å². The van der Waals surface area contributed by atoms with Crippen LogP contribution in [0.3, 0.4) is 0 Å². The number of fused-ring (bicyclic) bond motifs is 1. The van der Waals surface area contributed by atoms with Gasteiger partial charge in [0.1, 0.15) is 11.3 Å². The Kier molecular flexibility index (Phi) is 3.54. The molecule has 1 heterocycles. The van der Waals surface area contributed by atoms with Crippen LogP contribution in [-0.4, -0.2) is 4.98 Å². The van der Waals surface area contributed by atoms with Gasteiger partial charge >= 0.3 is 0 Å². The fraction of sp³-hybridized carbons (Fsp3) is 0.0714. The number of nitrogen functional groups attached to an aromatic ring is 1. The van der Waals surface area contributed by atoms with Crippen molar-refractivity contribution in [2.45, 2.75) is 11.0 Å². The summed E-state index contributed by atoms with van der Waals surface area (Å²) in [5.41, 5.74) is 8.16. The number of oxazole rings is 1. The molecular weight excluding hydrogens is 299 g/mol. The van der Waals surface area contributed by atoms with Crippen LogP contribution in [0, 0.1) is 5.82 Å². The Labute approximate surface area is 123 Å². The summed E-state index contributed by atoms with van der Waals surface area (Å²) in [5.74, 6) is -0.00339. The lowest BCUT2D eigenvalue weighted by atomic mass is 10.2. The van der Waals surface area contributed by atoms with Crippen molar-refractivity contribution in [3.63, 3.8) is 0 Å². The number of nitrogens with two attached hydrogens (primary N) is 1. The molecule has 1 aromatic heterocycles. The predicted octanol–water partition coefficient (Wildman–Crippen LogP) is 4.49. The van der Waals surface area contributed by atoms with Crippen molar-refractivity contribution in [1.82, 2.24) is 4.98 Å². The summed E-state index contributed by atoms with van der Waals surface area (Å²) >= 11 is 7.05. The van der Waals surface area contributed by atoms with Gasteiger partial charge in [0.25, 0.3) is 5.22 Å². The highest BCUT2D eigenvalue weighted by molar-refractivity contribution is 7.98. The Morgan fingerprint density at radius 2 is 2.15 bits per heavy atom. The number of hydrogen-bond donors (Lipinski definition) is 1. The first kappa shape index (κ1) is 13.3. The molecule has 0 radical (unpaired) electrons. The van der Waals surface area contributed by atoms with Crippen LogP contribution in [0.5, 0.6) is 0 Å². The monoisotopic (exact) mass is 308 g/mol. The third-order valence-electron chi connectivity index (χ3n) is 2.78. The second kappa shape index (κ2) is 5.34. The van der Waals surface area contributed by atoms with Crippen LogP contribution in [0.25, 0.3) is 11.1 Å². The highest BCUT2D eigenvalue weighted by atomic mass is 35.5. The van der Waals surface area contributed by atoms with Crippen LogP contribution in [-0.2, 0) is 5.75 Å². The maximum atomic E-state index is 13.7.